The van der Waals surface area contributed by atoms with Crippen molar-refractivity contribution in [3.63, 3.8) is 0 Å². The maximum Gasteiger partial charge on any atom is 0.510 e. The normalized spacial score (nSPS) is 8.71. The highest BCUT2D eigenvalue weighted by molar-refractivity contribution is 6.57. The number of hydrogen-bond acceptors (Lipinski definition) is 4. The Labute approximate surface area is 81.6 Å². The minimum Gasteiger partial charge on any atom is -0.422 e. The summed E-state index contributed by atoms with van der Waals surface area (Å²) < 4.78 is 0. The Morgan fingerprint density at radius 2 is 1.86 bits per heavy atom. The second-order valence-corrected chi connectivity index (χ2v) is 2.41. The van der Waals surface area contributed by atoms with Gasteiger partial charge in [0, 0.05) is 18.6 Å². The van der Waals surface area contributed by atoms with Crippen LogP contribution in [0, 0.1) is 0 Å². The van der Waals surface area contributed by atoms with Gasteiger partial charge >= 0.3 is 7.12 Å². The Balaban J connectivity index is 0.000000165. The lowest BCUT2D eigenvalue weighted by Crippen LogP contribution is -2.32. The van der Waals surface area contributed by atoms with Crippen LogP contribution in [0.1, 0.15) is 0 Å². The lowest BCUT2D eigenvalue weighted by Gasteiger charge is -1.91. The third-order valence-corrected chi connectivity index (χ3v) is 1.35. The first-order valence-corrected chi connectivity index (χ1v) is 4.02. The van der Waals surface area contributed by atoms with Crippen LogP contribution in [0.4, 0.5) is 0 Å². The maximum atomic E-state index is 8.48. The summed E-state index contributed by atoms with van der Waals surface area (Å²) in [7, 11) is -1.52. The van der Waals surface area contributed by atoms with E-state index in [4.69, 9.17) is 10.0 Å². The van der Waals surface area contributed by atoms with E-state index in [9.17, 15) is 0 Å². The quantitative estimate of drug-likeness (QED) is 0.514. The van der Waals surface area contributed by atoms with Crippen molar-refractivity contribution in [2.24, 2.45) is 0 Å². The minimum absolute atomic E-state index is 0.164. The summed E-state index contributed by atoms with van der Waals surface area (Å²) in [6.07, 6.45) is 5.21. The number of nitrogens with one attached hydrogen (secondary N) is 1. The van der Waals surface area contributed by atoms with Gasteiger partial charge in [-0.1, -0.05) is 0 Å². The Kier molecular flexibility index (Phi) is 4.39. The molecule has 14 heavy (non-hydrogen) atoms. The highest BCUT2D eigenvalue weighted by atomic mass is 16.4. The van der Waals surface area contributed by atoms with Gasteiger partial charge in [-0.05, 0) is 24.3 Å². The molecule has 0 unspecified atom stereocenters. The van der Waals surface area contributed by atoms with Gasteiger partial charge in [0.2, 0.25) is 0 Å². The molecule has 2 rings (SSSR count). The van der Waals surface area contributed by atoms with Crippen LogP contribution >= 0.6 is 0 Å². The van der Waals surface area contributed by atoms with E-state index in [0.717, 1.165) is 0 Å². The first-order valence-electron chi connectivity index (χ1n) is 4.02. The average molecular weight is 191 g/mol. The zero-order chi connectivity index (χ0) is 10.2. The van der Waals surface area contributed by atoms with E-state index < -0.39 is 7.12 Å². The van der Waals surface area contributed by atoms with Crippen molar-refractivity contribution >= 4 is 12.7 Å². The molecule has 0 atom stereocenters. The molecule has 0 radical (unpaired) electrons. The van der Waals surface area contributed by atoms with E-state index >= 15 is 0 Å². The molecule has 72 valence electrons. The SMILES string of the molecule is OB(O)c1cccnn1.c1cc[nH]c1. The molecule has 0 spiro atoms. The summed E-state index contributed by atoms with van der Waals surface area (Å²) in [5.74, 6) is 0. The van der Waals surface area contributed by atoms with Gasteiger partial charge in [-0.25, -0.2) is 0 Å². The van der Waals surface area contributed by atoms with E-state index in [1.807, 2.05) is 24.5 Å². The number of H-pyrrole nitrogens is 1. The highest BCUT2D eigenvalue weighted by Gasteiger charge is 2.10. The molecule has 2 aromatic heterocycles. The van der Waals surface area contributed by atoms with E-state index in [1.165, 1.54) is 12.3 Å². The van der Waals surface area contributed by atoms with E-state index in [2.05, 4.69) is 15.2 Å². The lowest BCUT2D eigenvalue weighted by molar-refractivity contribution is 0.423. The average Bonchev–Trinajstić information content (AvgIpc) is 2.77. The van der Waals surface area contributed by atoms with Gasteiger partial charge in [-0.2, -0.15) is 10.2 Å². The molecule has 2 aromatic rings. The molecule has 0 aliphatic carbocycles. The molecule has 0 amide bonds. The minimum atomic E-state index is -1.52. The van der Waals surface area contributed by atoms with Crippen LogP contribution in [0.15, 0.2) is 42.9 Å². The zero-order valence-corrected chi connectivity index (χ0v) is 7.41. The molecule has 0 saturated carbocycles. The standard InChI is InChI=1S/C4H5BN2O2.C4H5N/c8-5(9)4-2-1-3-6-7-4;1-2-4-5-3-1/h1-3,8-9H;1-5H. The molecule has 5 nitrogen and oxygen atoms in total. The molecule has 0 aliphatic rings. The van der Waals surface area contributed by atoms with Gasteiger partial charge in [-0.15, -0.1) is 0 Å². The van der Waals surface area contributed by atoms with Gasteiger partial charge in [0.15, 0.2) is 0 Å². The van der Waals surface area contributed by atoms with Crippen molar-refractivity contribution in [3.8, 4) is 0 Å². The fourth-order valence-corrected chi connectivity index (χ4v) is 0.729. The second-order valence-electron chi connectivity index (χ2n) is 2.41. The van der Waals surface area contributed by atoms with Crippen molar-refractivity contribution in [3.05, 3.63) is 42.9 Å². The molecule has 0 fully saturated rings. The molecular formula is C8H10BN3O2. The smallest absolute Gasteiger partial charge is 0.422 e. The lowest BCUT2D eigenvalue weighted by atomic mass is 9.86. The molecular weight excluding hydrogens is 181 g/mol. The van der Waals surface area contributed by atoms with Gasteiger partial charge in [0.1, 0.15) is 0 Å². The van der Waals surface area contributed by atoms with E-state index in [1.54, 1.807) is 6.07 Å². The van der Waals surface area contributed by atoms with Gasteiger partial charge < -0.3 is 15.0 Å². The summed E-state index contributed by atoms with van der Waals surface area (Å²) in [6, 6.07) is 6.96. The summed E-state index contributed by atoms with van der Waals surface area (Å²) >= 11 is 0. The van der Waals surface area contributed by atoms with Gasteiger partial charge in [-0.3, -0.25) is 0 Å². The monoisotopic (exact) mass is 191 g/mol. The molecule has 3 N–H and O–H groups in total. The van der Waals surface area contributed by atoms with Crippen LogP contribution in [0.2, 0.25) is 0 Å². The third kappa shape index (κ3) is 3.84. The number of hydrogen-bond donors (Lipinski definition) is 3. The number of aromatic amines is 1. The molecule has 0 saturated heterocycles. The maximum absolute atomic E-state index is 8.48. The van der Waals surface area contributed by atoms with Crippen molar-refractivity contribution in [2.75, 3.05) is 0 Å². The van der Waals surface area contributed by atoms with Crippen LogP contribution in [-0.2, 0) is 0 Å². The second kappa shape index (κ2) is 5.90. The Morgan fingerprint density at radius 1 is 1.14 bits per heavy atom. The first-order chi connectivity index (χ1) is 6.80. The third-order valence-electron chi connectivity index (χ3n) is 1.35. The van der Waals surface area contributed by atoms with Crippen LogP contribution in [0.25, 0.3) is 0 Å². The molecule has 2 heterocycles. The number of rotatable bonds is 1. The summed E-state index contributed by atoms with van der Waals surface area (Å²) in [6.45, 7) is 0. The number of aromatic nitrogens is 3. The predicted molar refractivity (Wildman–Crippen MR) is 52.7 cm³/mol. The van der Waals surface area contributed by atoms with Crippen molar-refractivity contribution < 1.29 is 10.0 Å². The van der Waals surface area contributed by atoms with E-state index in [0.29, 0.717) is 0 Å². The van der Waals surface area contributed by atoms with Crippen LogP contribution in [0.5, 0.6) is 0 Å². The molecule has 6 heteroatoms. The summed E-state index contributed by atoms with van der Waals surface area (Å²) in [4.78, 5) is 2.86. The molecule has 0 aromatic carbocycles. The van der Waals surface area contributed by atoms with Crippen molar-refractivity contribution in [2.45, 2.75) is 0 Å². The Hall–Kier alpha value is -1.66. The topological polar surface area (TPSA) is 82.0 Å². The highest BCUT2D eigenvalue weighted by Crippen LogP contribution is 1.73. The van der Waals surface area contributed by atoms with Crippen molar-refractivity contribution in [1.29, 1.82) is 0 Å². The van der Waals surface area contributed by atoms with Gasteiger partial charge in [0.05, 0.1) is 5.59 Å². The van der Waals surface area contributed by atoms with Crippen LogP contribution in [-0.4, -0.2) is 32.3 Å². The zero-order valence-electron chi connectivity index (χ0n) is 7.41. The summed E-state index contributed by atoms with van der Waals surface area (Å²) in [5.41, 5.74) is 0.164. The Morgan fingerprint density at radius 3 is 2.14 bits per heavy atom. The summed E-state index contributed by atoms with van der Waals surface area (Å²) in [5, 5.41) is 23.8. The van der Waals surface area contributed by atoms with Crippen LogP contribution < -0.4 is 5.59 Å². The molecule has 0 bridgehead atoms. The molecule has 0 aliphatic heterocycles. The first kappa shape index (κ1) is 10.4. The van der Waals surface area contributed by atoms with E-state index in [-0.39, 0.29) is 5.59 Å². The fourth-order valence-electron chi connectivity index (χ4n) is 0.729. The fraction of sp³-hybridized carbons (Fsp3) is 0. The van der Waals surface area contributed by atoms with Crippen molar-refractivity contribution in [1.82, 2.24) is 15.2 Å². The largest absolute Gasteiger partial charge is 0.510 e. The number of nitrogens with zero attached hydrogens (tertiary/aromatic N) is 2. The van der Waals surface area contributed by atoms with Crippen LogP contribution in [0.3, 0.4) is 0 Å². The van der Waals surface area contributed by atoms with Gasteiger partial charge in [0.25, 0.3) is 0 Å². The Bertz CT molecular complexity index is 308. The predicted octanol–water partition coefficient (Wildman–Crippen LogP) is -0.829.